The Balaban J connectivity index is 1.71. The first-order valence-corrected chi connectivity index (χ1v) is 8.25. The molecule has 1 aliphatic carbocycles. The predicted molar refractivity (Wildman–Crippen MR) is 90.4 cm³/mol. The van der Waals surface area contributed by atoms with Crippen molar-refractivity contribution in [2.45, 2.75) is 38.6 Å². The third-order valence-corrected chi connectivity index (χ3v) is 4.41. The fraction of sp³-hybridized carbons (Fsp3) is 0.389. The molecule has 1 atom stereocenters. The number of aromatic nitrogens is 4. The summed E-state index contributed by atoms with van der Waals surface area (Å²) >= 11 is 0. The minimum absolute atomic E-state index is 0.191. The van der Waals surface area contributed by atoms with Crippen LogP contribution in [0.4, 0.5) is 5.82 Å². The van der Waals surface area contributed by atoms with Crippen LogP contribution < -0.4 is 5.32 Å². The van der Waals surface area contributed by atoms with Crippen molar-refractivity contribution in [2.24, 2.45) is 5.92 Å². The van der Waals surface area contributed by atoms with Crippen LogP contribution in [0, 0.1) is 5.92 Å². The summed E-state index contributed by atoms with van der Waals surface area (Å²) in [6.45, 7) is 4.43. The average Bonchev–Trinajstić information content (AvgIpc) is 3.32. The van der Waals surface area contributed by atoms with Crippen molar-refractivity contribution in [2.75, 3.05) is 5.32 Å². The van der Waals surface area contributed by atoms with Gasteiger partial charge >= 0.3 is 0 Å². The zero-order chi connectivity index (χ0) is 15.8. The third kappa shape index (κ3) is 2.67. The van der Waals surface area contributed by atoms with E-state index in [4.69, 9.17) is 0 Å². The summed E-state index contributed by atoms with van der Waals surface area (Å²) in [6, 6.07) is 10.7. The summed E-state index contributed by atoms with van der Waals surface area (Å²) in [5, 5.41) is 12.3. The van der Waals surface area contributed by atoms with Crippen molar-refractivity contribution in [1.82, 2.24) is 19.6 Å². The number of nitrogens with one attached hydrogen (secondary N) is 1. The number of nitrogens with zero attached hydrogens (tertiary/aromatic N) is 4. The Hall–Kier alpha value is -2.43. The monoisotopic (exact) mass is 307 g/mol. The molecule has 1 aliphatic rings. The van der Waals surface area contributed by atoms with E-state index in [0.29, 0.717) is 11.8 Å². The molecule has 1 saturated carbocycles. The van der Waals surface area contributed by atoms with Crippen molar-refractivity contribution in [1.29, 1.82) is 0 Å². The second-order valence-corrected chi connectivity index (χ2v) is 6.58. The van der Waals surface area contributed by atoms with Crippen LogP contribution in [0.5, 0.6) is 0 Å². The summed E-state index contributed by atoms with van der Waals surface area (Å²) in [5.41, 5.74) is 2.07. The minimum Gasteiger partial charge on any atom is -0.360 e. The highest BCUT2D eigenvalue weighted by atomic mass is 15.3. The molecule has 0 amide bonds. The molecule has 0 aliphatic heterocycles. The number of rotatable bonds is 5. The van der Waals surface area contributed by atoms with Crippen molar-refractivity contribution in [3.05, 3.63) is 54.1 Å². The van der Waals surface area contributed by atoms with Gasteiger partial charge in [0.2, 0.25) is 5.65 Å². The van der Waals surface area contributed by atoms with Crippen LogP contribution in [0.25, 0.3) is 5.65 Å². The van der Waals surface area contributed by atoms with Gasteiger partial charge in [-0.1, -0.05) is 44.2 Å². The van der Waals surface area contributed by atoms with Gasteiger partial charge in [-0.15, -0.1) is 10.2 Å². The lowest BCUT2D eigenvalue weighted by atomic mass is 9.96. The molecular formula is C18H21N5. The lowest BCUT2D eigenvalue weighted by Gasteiger charge is -2.23. The van der Waals surface area contributed by atoms with Crippen LogP contribution >= 0.6 is 0 Å². The molecule has 0 spiro atoms. The smallest absolute Gasteiger partial charge is 0.203 e. The van der Waals surface area contributed by atoms with Crippen LogP contribution in [0.3, 0.4) is 0 Å². The first kappa shape index (κ1) is 14.2. The van der Waals surface area contributed by atoms with Crippen LogP contribution in [0.2, 0.25) is 0 Å². The maximum Gasteiger partial charge on any atom is 0.203 e. The highest BCUT2D eigenvalue weighted by molar-refractivity contribution is 5.63. The van der Waals surface area contributed by atoms with Crippen molar-refractivity contribution < 1.29 is 0 Å². The number of hydrogen-bond donors (Lipinski definition) is 1. The number of anilines is 1. The van der Waals surface area contributed by atoms with E-state index in [0.717, 1.165) is 17.3 Å². The Morgan fingerprint density at radius 3 is 2.61 bits per heavy atom. The van der Waals surface area contributed by atoms with Gasteiger partial charge in [0.15, 0.2) is 5.82 Å². The van der Waals surface area contributed by atoms with E-state index in [1.165, 1.54) is 18.4 Å². The van der Waals surface area contributed by atoms with Gasteiger partial charge in [0.25, 0.3) is 0 Å². The molecule has 2 aromatic heterocycles. The number of hydrogen-bond acceptors (Lipinski definition) is 4. The Morgan fingerprint density at radius 1 is 1.13 bits per heavy atom. The lowest BCUT2D eigenvalue weighted by Crippen LogP contribution is -2.18. The molecule has 1 N–H and O–H groups in total. The average molecular weight is 307 g/mol. The predicted octanol–water partition coefficient (Wildman–Crippen LogP) is 3.81. The first-order valence-electron chi connectivity index (χ1n) is 8.25. The Morgan fingerprint density at radius 2 is 1.91 bits per heavy atom. The number of fused-ring (bicyclic) bond motifs is 1. The van der Waals surface area contributed by atoms with E-state index in [9.17, 15) is 0 Å². The van der Waals surface area contributed by atoms with Crippen LogP contribution in [0.15, 0.2) is 42.7 Å². The standard InChI is InChI=1S/C18H21N5/c1-12(2)15(13-6-4-3-5-7-13)20-16-18-22-21-17(14-8-9-14)23(18)11-10-19-16/h3-7,10-12,14-15H,8-9H2,1-2H3,(H,19,20). The fourth-order valence-electron chi connectivity index (χ4n) is 3.01. The maximum atomic E-state index is 4.51. The molecule has 0 bridgehead atoms. The van der Waals surface area contributed by atoms with E-state index in [1.807, 2.05) is 18.5 Å². The summed E-state index contributed by atoms with van der Waals surface area (Å²) in [5.74, 6) is 2.86. The van der Waals surface area contributed by atoms with Crippen molar-refractivity contribution >= 4 is 11.5 Å². The zero-order valence-electron chi connectivity index (χ0n) is 13.5. The van der Waals surface area contributed by atoms with E-state index < -0.39 is 0 Å². The highest BCUT2D eigenvalue weighted by Crippen LogP contribution is 2.39. The topological polar surface area (TPSA) is 55.1 Å². The second kappa shape index (κ2) is 5.65. The van der Waals surface area contributed by atoms with Crippen molar-refractivity contribution in [3.63, 3.8) is 0 Å². The Kier molecular flexibility index (Phi) is 3.48. The summed E-state index contributed by atoms with van der Waals surface area (Å²) in [4.78, 5) is 4.51. The Bertz CT molecular complexity index is 805. The van der Waals surface area contributed by atoms with Gasteiger partial charge in [-0.05, 0) is 24.3 Å². The van der Waals surface area contributed by atoms with E-state index in [2.05, 4.69) is 63.0 Å². The largest absolute Gasteiger partial charge is 0.360 e. The molecule has 23 heavy (non-hydrogen) atoms. The molecule has 3 aromatic rings. The fourth-order valence-corrected chi connectivity index (χ4v) is 3.01. The lowest BCUT2D eigenvalue weighted by molar-refractivity contribution is 0.545. The summed E-state index contributed by atoms with van der Waals surface area (Å²) < 4.78 is 2.08. The van der Waals surface area contributed by atoms with Gasteiger partial charge in [-0.3, -0.25) is 4.40 Å². The van der Waals surface area contributed by atoms with Crippen LogP contribution in [-0.2, 0) is 0 Å². The van der Waals surface area contributed by atoms with Gasteiger partial charge in [0.1, 0.15) is 5.82 Å². The Labute approximate surface area is 135 Å². The maximum absolute atomic E-state index is 4.51. The summed E-state index contributed by atoms with van der Waals surface area (Å²) in [6.07, 6.45) is 6.21. The molecule has 118 valence electrons. The van der Waals surface area contributed by atoms with Crippen LogP contribution in [-0.4, -0.2) is 19.6 Å². The minimum atomic E-state index is 0.191. The van der Waals surface area contributed by atoms with Gasteiger partial charge in [-0.2, -0.15) is 0 Å². The van der Waals surface area contributed by atoms with E-state index in [-0.39, 0.29) is 6.04 Å². The molecule has 2 heterocycles. The highest BCUT2D eigenvalue weighted by Gasteiger charge is 2.29. The van der Waals surface area contributed by atoms with Crippen LogP contribution in [0.1, 0.15) is 50.0 Å². The molecule has 4 rings (SSSR count). The molecule has 1 fully saturated rings. The first-order chi connectivity index (χ1) is 11.2. The van der Waals surface area contributed by atoms with E-state index in [1.54, 1.807) is 0 Å². The normalized spacial score (nSPS) is 16.0. The molecule has 1 unspecified atom stereocenters. The second-order valence-electron chi connectivity index (χ2n) is 6.58. The van der Waals surface area contributed by atoms with Gasteiger partial charge in [0.05, 0.1) is 6.04 Å². The van der Waals surface area contributed by atoms with Crippen molar-refractivity contribution in [3.8, 4) is 0 Å². The SMILES string of the molecule is CC(C)C(Nc1nccn2c(C3CC3)nnc12)c1ccccc1. The molecule has 5 heteroatoms. The third-order valence-electron chi connectivity index (χ3n) is 4.41. The van der Waals surface area contributed by atoms with Gasteiger partial charge < -0.3 is 5.32 Å². The molecule has 5 nitrogen and oxygen atoms in total. The van der Waals surface area contributed by atoms with Gasteiger partial charge in [-0.25, -0.2) is 4.98 Å². The quantitative estimate of drug-likeness (QED) is 0.778. The zero-order valence-corrected chi connectivity index (χ0v) is 13.5. The van der Waals surface area contributed by atoms with E-state index >= 15 is 0 Å². The molecule has 0 radical (unpaired) electrons. The number of benzene rings is 1. The molecule has 0 saturated heterocycles. The van der Waals surface area contributed by atoms with Gasteiger partial charge in [0, 0.05) is 18.3 Å². The molecular weight excluding hydrogens is 286 g/mol. The molecule has 1 aromatic carbocycles. The summed E-state index contributed by atoms with van der Waals surface area (Å²) in [7, 11) is 0.